The predicted molar refractivity (Wildman–Crippen MR) is 133 cm³/mol. The van der Waals surface area contributed by atoms with E-state index >= 15 is 0 Å². The summed E-state index contributed by atoms with van der Waals surface area (Å²) >= 11 is 6.38. The van der Waals surface area contributed by atoms with Crippen LogP contribution in [0.15, 0.2) is 42.5 Å². The van der Waals surface area contributed by atoms with Crippen LogP contribution in [0.25, 0.3) is 21.8 Å². The summed E-state index contributed by atoms with van der Waals surface area (Å²) in [6.07, 6.45) is 1.35. The highest BCUT2D eigenvalue weighted by molar-refractivity contribution is 6.32. The van der Waals surface area contributed by atoms with Crippen LogP contribution >= 0.6 is 11.6 Å². The number of nitrogens with zero attached hydrogens (tertiary/aromatic N) is 2. The summed E-state index contributed by atoms with van der Waals surface area (Å²) in [5.41, 5.74) is 6.23. The summed E-state index contributed by atoms with van der Waals surface area (Å²) in [6, 6.07) is 14.1. The summed E-state index contributed by atoms with van der Waals surface area (Å²) in [5, 5.41) is 14.9. The highest BCUT2D eigenvalue weighted by atomic mass is 35.5. The van der Waals surface area contributed by atoms with Crippen molar-refractivity contribution in [1.29, 1.82) is 0 Å². The number of hydrogen-bond donors (Lipinski definition) is 3. The topological polar surface area (TPSA) is 90.5 Å². The van der Waals surface area contributed by atoms with Gasteiger partial charge in [0.2, 0.25) is 5.91 Å². The Balaban J connectivity index is 1.56. The number of H-pyrrole nitrogens is 1. The number of carbonyl (C=O) groups is 1. The molecule has 1 amide bonds. The molecule has 5 rings (SSSR count). The van der Waals surface area contributed by atoms with Gasteiger partial charge in [0.05, 0.1) is 48.7 Å². The molecule has 0 atom stereocenters. The van der Waals surface area contributed by atoms with Crippen LogP contribution in [0.3, 0.4) is 0 Å². The average Bonchev–Trinajstić information content (AvgIpc) is 3.24. The number of hydrogen-bond acceptors (Lipinski definition) is 5. The first kappa shape index (κ1) is 22.7. The van der Waals surface area contributed by atoms with Crippen LogP contribution in [0.2, 0.25) is 5.02 Å². The molecule has 0 spiro atoms. The Morgan fingerprint density at radius 1 is 1.29 bits per heavy atom. The van der Waals surface area contributed by atoms with Crippen molar-refractivity contribution in [2.45, 2.75) is 19.4 Å². The van der Waals surface area contributed by atoms with Crippen molar-refractivity contribution in [3.63, 3.8) is 0 Å². The number of ether oxygens (including phenoxy) is 1. The smallest absolute Gasteiger partial charge is 0.236 e. The van der Waals surface area contributed by atoms with E-state index in [1.54, 1.807) is 7.11 Å². The molecule has 2 aromatic heterocycles. The summed E-state index contributed by atoms with van der Waals surface area (Å²) in [4.78, 5) is 23.2. The zero-order valence-electron chi connectivity index (χ0n) is 19.0. The quantitative estimate of drug-likeness (QED) is 0.354. The zero-order chi connectivity index (χ0) is 23.7. The molecule has 1 aliphatic heterocycles. The molecule has 0 aliphatic carbocycles. The van der Waals surface area contributed by atoms with Crippen molar-refractivity contribution in [1.82, 2.24) is 20.2 Å². The number of fused-ring (bicyclic) bond motifs is 5. The third-order valence-corrected chi connectivity index (χ3v) is 6.69. The number of nitrogens with one attached hydrogen (secondary N) is 2. The monoisotopic (exact) mass is 478 g/mol. The minimum absolute atomic E-state index is 0.00888. The number of methoxy groups -OCH3 is 1. The summed E-state index contributed by atoms with van der Waals surface area (Å²) < 4.78 is 5.29. The van der Waals surface area contributed by atoms with Crippen molar-refractivity contribution in [2.24, 2.45) is 0 Å². The molecule has 3 N–H and O–H groups in total. The lowest BCUT2D eigenvalue weighted by atomic mass is 9.96. The molecule has 0 fully saturated rings. The van der Waals surface area contributed by atoms with E-state index in [4.69, 9.17) is 26.4 Å². The SMILES string of the molecule is COc1ccc(Cc2nc3c(c4c2[nH]c2ccccc24)CCN(C(=O)CNCCO)C3)cc1Cl. The number of aliphatic hydroxyl groups is 1. The van der Waals surface area contributed by atoms with E-state index in [0.29, 0.717) is 36.8 Å². The third-order valence-electron chi connectivity index (χ3n) is 6.39. The lowest BCUT2D eigenvalue weighted by Crippen LogP contribution is -2.42. The average molecular weight is 479 g/mol. The molecule has 0 bridgehead atoms. The Labute approximate surface area is 202 Å². The van der Waals surface area contributed by atoms with Crippen molar-refractivity contribution < 1.29 is 14.6 Å². The van der Waals surface area contributed by atoms with Crippen LogP contribution in [0.1, 0.15) is 22.5 Å². The fourth-order valence-corrected chi connectivity index (χ4v) is 5.03. The molecular weight excluding hydrogens is 452 g/mol. The minimum atomic E-state index is 0.00888. The van der Waals surface area contributed by atoms with E-state index in [1.165, 1.54) is 16.3 Å². The van der Waals surface area contributed by atoms with Gasteiger partial charge in [-0.25, -0.2) is 0 Å². The van der Waals surface area contributed by atoms with Crippen LogP contribution < -0.4 is 10.1 Å². The van der Waals surface area contributed by atoms with Gasteiger partial charge in [-0.3, -0.25) is 9.78 Å². The number of aromatic amines is 1. The van der Waals surface area contributed by atoms with Crippen LogP contribution in [-0.2, 0) is 24.2 Å². The third kappa shape index (κ3) is 4.22. The Kier molecular flexibility index (Phi) is 6.41. The molecule has 7 nitrogen and oxygen atoms in total. The van der Waals surface area contributed by atoms with Crippen LogP contribution in [0.4, 0.5) is 0 Å². The molecular formula is C26H27ClN4O3. The molecule has 176 valence electrons. The first-order valence-electron chi connectivity index (χ1n) is 11.4. The highest BCUT2D eigenvalue weighted by Gasteiger charge is 2.26. The number of pyridine rings is 1. The Bertz CT molecular complexity index is 1370. The maximum atomic E-state index is 12.7. The first-order chi connectivity index (χ1) is 16.6. The standard InChI is InChI=1S/C26H27ClN4O3/c1-34-23-7-6-16(12-19(23)27)13-21-26-25(17-4-2-3-5-20(17)30-26)18-8-10-31(15-22(18)29-21)24(33)14-28-9-11-32/h2-7,12,28,30,32H,8-11,13-15H2,1H3. The number of para-hydroxylation sites is 1. The fourth-order valence-electron chi connectivity index (χ4n) is 4.75. The lowest BCUT2D eigenvalue weighted by molar-refractivity contribution is -0.131. The molecule has 0 saturated carbocycles. The van der Waals surface area contributed by atoms with Crippen molar-refractivity contribution in [3.05, 3.63) is 70.0 Å². The van der Waals surface area contributed by atoms with E-state index in [9.17, 15) is 4.79 Å². The van der Waals surface area contributed by atoms with Gasteiger partial charge in [-0.2, -0.15) is 0 Å². The maximum absolute atomic E-state index is 12.7. The Morgan fingerprint density at radius 2 is 2.15 bits per heavy atom. The van der Waals surface area contributed by atoms with Gasteiger partial charge in [-0.05, 0) is 35.7 Å². The first-order valence-corrected chi connectivity index (χ1v) is 11.8. The normalized spacial score (nSPS) is 13.4. The van der Waals surface area contributed by atoms with Gasteiger partial charge in [0, 0.05) is 35.8 Å². The highest BCUT2D eigenvalue weighted by Crippen LogP contribution is 2.35. The number of carbonyl (C=O) groups excluding carboxylic acids is 1. The van der Waals surface area contributed by atoms with E-state index in [0.717, 1.165) is 34.4 Å². The van der Waals surface area contributed by atoms with Gasteiger partial charge >= 0.3 is 0 Å². The van der Waals surface area contributed by atoms with Gasteiger partial charge in [-0.1, -0.05) is 35.9 Å². The number of aliphatic hydroxyl groups excluding tert-OH is 1. The second-order valence-corrected chi connectivity index (χ2v) is 8.92. The number of amides is 1. The predicted octanol–water partition coefficient (Wildman–Crippen LogP) is 3.44. The van der Waals surface area contributed by atoms with E-state index < -0.39 is 0 Å². The minimum Gasteiger partial charge on any atom is -0.495 e. The maximum Gasteiger partial charge on any atom is 0.236 e. The molecule has 8 heteroatoms. The summed E-state index contributed by atoms with van der Waals surface area (Å²) in [7, 11) is 1.60. The van der Waals surface area contributed by atoms with Crippen LogP contribution in [0, 0.1) is 0 Å². The van der Waals surface area contributed by atoms with Gasteiger partial charge < -0.3 is 25.0 Å². The number of rotatable bonds is 7. The summed E-state index contributed by atoms with van der Waals surface area (Å²) in [5.74, 6) is 0.659. The van der Waals surface area contributed by atoms with E-state index in [-0.39, 0.29) is 19.1 Å². The molecule has 2 aromatic carbocycles. The molecule has 0 unspecified atom stereocenters. The second kappa shape index (κ2) is 9.62. The number of benzene rings is 2. The molecule has 34 heavy (non-hydrogen) atoms. The van der Waals surface area contributed by atoms with E-state index in [2.05, 4.69) is 28.5 Å². The molecule has 0 saturated heterocycles. The Morgan fingerprint density at radius 3 is 2.94 bits per heavy atom. The van der Waals surface area contributed by atoms with Crippen molar-refractivity contribution in [2.75, 3.05) is 33.4 Å². The van der Waals surface area contributed by atoms with Gasteiger partial charge in [0.15, 0.2) is 0 Å². The lowest BCUT2D eigenvalue weighted by Gasteiger charge is -2.29. The van der Waals surface area contributed by atoms with Crippen LogP contribution in [0.5, 0.6) is 5.75 Å². The second-order valence-electron chi connectivity index (χ2n) is 8.52. The molecule has 4 aromatic rings. The number of halogens is 1. The van der Waals surface area contributed by atoms with Gasteiger partial charge in [-0.15, -0.1) is 0 Å². The van der Waals surface area contributed by atoms with E-state index in [1.807, 2.05) is 29.2 Å². The van der Waals surface area contributed by atoms with Crippen LogP contribution in [-0.4, -0.2) is 59.2 Å². The largest absolute Gasteiger partial charge is 0.495 e. The molecule has 0 radical (unpaired) electrons. The van der Waals surface area contributed by atoms with Crippen molar-refractivity contribution >= 4 is 39.3 Å². The van der Waals surface area contributed by atoms with Gasteiger partial charge in [0.1, 0.15) is 5.75 Å². The number of aromatic nitrogens is 2. The molecule has 3 heterocycles. The van der Waals surface area contributed by atoms with Crippen molar-refractivity contribution in [3.8, 4) is 5.75 Å². The zero-order valence-corrected chi connectivity index (χ0v) is 19.8. The molecule has 1 aliphatic rings. The summed E-state index contributed by atoms with van der Waals surface area (Å²) in [6.45, 7) is 1.74. The fraction of sp³-hybridized carbons (Fsp3) is 0.308. The van der Waals surface area contributed by atoms with Gasteiger partial charge in [0.25, 0.3) is 0 Å². The Hall–Kier alpha value is -3.13.